The molecule has 0 spiro atoms. The Bertz CT molecular complexity index is 174. The van der Waals surface area contributed by atoms with Crippen molar-refractivity contribution in [3.05, 3.63) is 12.7 Å². The molecule has 0 bridgehead atoms. The summed E-state index contributed by atoms with van der Waals surface area (Å²) < 4.78 is 0. The first-order chi connectivity index (χ1) is 6.67. The third kappa shape index (κ3) is 4.42. The number of nitrogens with zero attached hydrogens (tertiary/aromatic N) is 1. The van der Waals surface area contributed by atoms with Crippen LogP contribution in [0.2, 0.25) is 0 Å². The van der Waals surface area contributed by atoms with Crippen molar-refractivity contribution < 1.29 is 4.79 Å². The van der Waals surface area contributed by atoms with E-state index in [-0.39, 0.29) is 5.91 Å². The third-order valence-electron chi connectivity index (χ3n) is 2.04. The van der Waals surface area contributed by atoms with E-state index in [9.17, 15) is 4.79 Å². The molecule has 0 rings (SSSR count). The molecule has 0 aliphatic carbocycles. The van der Waals surface area contributed by atoms with Gasteiger partial charge in [0.2, 0.25) is 5.91 Å². The third-order valence-corrected chi connectivity index (χ3v) is 2.04. The second-order valence-corrected chi connectivity index (χ2v) is 3.46. The summed E-state index contributed by atoms with van der Waals surface area (Å²) in [5, 5.41) is 0. The van der Waals surface area contributed by atoms with Gasteiger partial charge in [-0.15, -0.1) is 6.58 Å². The first-order valence-corrected chi connectivity index (χ1v) is 5.32. The van der Waals surface area contributed by atoms with E-state index in [4.69, 9.17) is 5.73 Å². The highest BCUT2D eigenvalue weighted by atomic mass is 16.2. The fourth-order valence-electron chi connectivity index (χ4n) is 1.39. The summed E-state index contributed by atoms with van der Waals surface area (Å²) in [6, 6.07) is -0.411. The lowest BCUT2D eigenvalue weighted by molar-refractivity contribution is -0.132. The molecule has 3 heteroatoms. The summed E-state index contributed by atoms with van der Waals surface area (Å²) in [5.74, 6) is 0.0496. The van der Waals surface area contributed by atoms with E-state index in [2.05, 4.69) is 20.4 Å². The van der Waals surface area contributed by atoms with Crippen LogP contribution in [0.25, 0.3) is 0 Å². The fraction of sp³-hybridized carbons (Fsp3) is 0.727. The summed E-state index contributed by atoms with van der Waals surface area (Å²) in [5.41, 5.74) is 5.73. The molecule has 0 saturated heterocycles. The molecule has 14 heavy (non-hydrogen) atoms. The second-order valence-electron chi connectivity index (χ2n) is 3.46. The minimum atomic E-state index is -0.411. The highest BCUT2D eigenvalue weighted by Crippen LogP contribution is 2.00. The predicted molar refractivity (Wildman–Crippen MR) is 60.0 cm³/mol. The SMILES string of the molecule is C=CCC(N)C(=O)N(CCC)CCC. The van der Waals surface area contributed by atoms with Crippen molar-refractivity contribution in [3.63, 3.8) is 0 Å². The highest BCUT2D eigenvalue weighted by Gasteiger charge is 2.18. The van der Waals surface area contributed by atoms with Crippen LogP contribution in [-0.2, 0) is 4.79 Å². The van der Waals surface area contributed by atoms with Gasteiger partial charge in [0.05, 0.1) is 6.04 Å². The molecule has 3 nitrogen and oxygen atoms in total. The number of amides is 1. The van der Waals surface area contributed by atoms with Gasteiger partial charge in [-0.2, -0.15) is 0 Å². The monoisotopic (exact) mass is 198 g/mol. The molecule has 1 unspecified atom stereocenters. The first-order valence-electron chi connectivity index (χ1n) is 5.32. The van der Waals surface area contributed by atoms with Gasteiger partial charge < -0.3 is 10.6 Å². The molecule has 0 radical (unpaired) electrons. The van der Waals surface area contributed by atoms with E-state index < -0.39 is 6.04 Å². The molecular formula is C11H22N2O. The Kier molecular flexibility index (Phi) is 7.11. The molecule has 0 aromatic rings. The first kappa shape index (κ1) is 13.2. The normalized spacial score (nSPS) is 12.2. The van der Waals surface area contributed by atoms with E-state index in [1.807, 2.05) is 4.90 Å². The number of carbonyl (C=O) groups is 1. The molecule has 2 N–H and O–H groups in total. The van der Waals surface area contributed by atoms with Crippen LogP contribution in [0, 0.1) is 0 Å². The summed E-state index contributed by atoms with van der Waals surface area (Å²) >= 11 is 0. The summed E-state index contributed by atoms with van der Waals surface area (Å²) in [6.45, 7) is 9.32. The van der Waals surface area contributed by atoms with Crippen LogP contribution in [0.4, 0.5) is 0 Å². The lowest BCUT2D eigenvalue weighted by atomic mass is 10.2. The Hall–Kier alpha value is -0.830. The summed E-state index contributed by atoms with van der Waals surface area (Å²) in [4.78, 5) is 13.6. The van der Waals surface area contributed by atoms with Crippen molar-refractivity contribution in [1.29, 1.82) is 0 Å². The Morgan fingerprint density at radius 3 is 2.29 bits per heavy atom. The molecule has 0 aromatic heterocycles. The maximum atomic E-state index is 11.8. The molecule has 0 aliphatic heterocycles. The zero-order valence-electron chi connectivity index (χ0n) is 9.33. The molecule has 0 heterocycles. The quantitative estimate of drug-likeness (QED) is 0.631. The van der Waals surface area contributed by atoms with E-state index in [1.54, 1.807) is 6.08 Å². The Labute approximate surface area is 87.0 Å². The van der Waals surface area contributed by atoms with Gasteiger partial charge in [0.25, 0.3) is 0 Å². The van der Waals surface area contributed by atoms with Crippen molar-refractivity contribution >= 4 is 5.91 Å². The molecule has 1 amide bonds. The van der Waals surface area contributed by atoms with Crippen molar-refractivity contribution in [3.8, 4) is 0 Å². The van der Waals surface area contributed by atoms with Crippen molar-refractivity contribution in [2.45, 2.75) is 39.2 Å². The van der Waals surface area contributed by atoms with Gasteiger partial charge in [0.1, 0.15) is 0 Å². The topological polar surface area (TPSA) is 46.3 Å². The molecular weight excluding hydrogens is 176 g/mol. The number of rotatable bonds is 7. The van der Waals surface area contributed by atoms with Gasteiger partial charge >= 0.3 is 0 Å². The van der Waals surface area contributed by atoms with Gasteiger partial charge in [0, 0.05) is 13.1 Å². The predicted octanol–water partition coefficient (Wildman–Crippen LogP) is 1.54. The average molecular weight is 198 g/mol. The van der Waals surface area contributed by atoms with E-state index >= 15 is 0 Å². The van der Waals surface area contributed by atoms with Crippen molar-refractivity contribution in [2.24, 2.45) is 5.73 Å². The standard InChI is InChI=1S/C11H22N2O/c1-4-7-10(12)11(14)13(8-5-2)9-6-3/h4,10H,1,5-9,12H2,2-3H3. The van der Waals surface area contributed by atoms with Crippen molar-refractivity contribution in [1.82, 2.24) is 4.90 Å². The molecule has 1 atom stereocenters. The maximum Gasteiger partial charge on any atom is 0.239 e. The Morgan fingerprint density at radius 1 is 1.43 bits per heavy atom. The average Bonchev–Trinajstić information content (AvgIpc) is 2.17. The van der Waals surface area contributed by atoms with Gasteiger partial charge in [-0.1, -0.05) is 19.9 Å². The van der Waals surface area contributed by atoms with E-state index in [0.717, 1.165) is 25.9 Å². The minimum Gasteiger partial charge on any atom is -0.341 e. The maximum absolute atomic E-state index is 11.8. The highest BCUT2D eigenvalue weighted by molar-refractivity contribution is 5.81. The Morgan fingerprint density at radius 2 is 1.93 bits per heavy atom. The number of hydrogen-bond acceptors (Lipinski definition) is 2. The van der Waals surface area contributed by atoms with Gasteiger partial charge in [0.15, 0.2) is 0 Å². The number of hydrogen-bond donors (Lipinski definition) is 1. The summed E-state index contributed by atoms with van der Waals surface area (Å²) in [7, 11) is 0. The van der Waals surface area contributed by atoms with Crippen LogP contribution in [0.1, 0.15) is 33.1 Å². The van der Waals surface area contributed by atoms with Crippen LogP contribution in [-0.4, -0.2) is 29.9 Å². The lowest BCUT2D eigenvalue weighted by Gasteiger charge is -2.24. The van der Waals surface area contributed by atoms with Crippen LogP contribution >= 0.6 is 0 Å². The van der Waals surface area contributed by atoms with Gasteiger partial charge in [-0.25, -0.2) is 0 Å². The molecule has 82 valence electrons. The zero-order valence-corrected chi connectivity index (χ0v) is 9.33. The fourth-order valence-corrected chi connectivity index (χ4v) is 1.39. The summed E-state index contributed by atoms with van der Waals surface area (Å²) in [6.07, 6.45) is 4.21. The molecule has 0 saturated carbocycles. The van der Waals surface area contributed by atoms with E-state index in [0.29, 0.717) is 6.42 Å². The largest absolute Gasteiger partial charge is 0.341 e. The zero-order chi connectivity index (χ0) is 11.0. The number of carbonyl (C=O) groups excluding carboxylic acids is 1. The van der Waals surface area contributed by atoms with Gasteiger partial charge in [-0.05, 0) is 19.3 Å². The smallest absolute Gasteiger partial charge is 0.239 e. The lowest BCUT2D eigenvalue weighted by Crippen LogP contribution is -2.44. The molecule has 0 aromatic carbocycles. The van der Waals surface area contributed by atoms with E-state index in [1.165, 1.54) is 0 Å². The van der Waals surface area contributed by atoms with Crippen LogP contribution in [0.3, 0.4) is 0 Å². The number of nitrogens with two attached hydrogens (primary N) is 1. The van der Waals surface area contributed by atoms with Crippen molar-refractivity contribution in [2.75, 3.05) is 13.1 Å². The van der Waals surface area contributed by atoms with Crippen LogP contribution < -0.4 is 5.73 Å². The minimum absolute atomic E-state index is 0.0496. The van der Waals surface area contributed by atoms with Crippen LogP contribution in [0.15, 0.2) is 12.7 Å². The Balaban J connectivity index is 4.18. The van der Waals surface area contributed by atoms with Crippen LogP contribution in [0.5, 0.6) is 0 Å². The second kappa shape index (κ2) is 7.56. The molecule has 0 fully saturated rings. The van der Waals surface area contributed by atoms with Gasteiger partial charge in [-0.3, -0.25) is 4.79 Å². The molecule has 0 aliphatic rings.